The molecule has 0 aliphatic carbocycles. The zero-order valence-corrected chi connectivity index (χ0v) is 16.4. The Morgan fingerprint density at radius 3 is 2.66 bits per heavy atom. The van der Waals surface area contributed by atoms with Gasteiger partial charge in [0.15, 0.2) is 5.65 Å². The van der Waals surface area contributed by atoms with E-state index in [-0.39, 0.29) is 5.69 Å². The Morgan fingerprint density at radius 1 is 1.10 bits per heavy atom. The van der Waals surface area contributed by atoms with Crippen LogP contribution in [0, 0.1) is 0 Å². The summed E-state index contributed by atoms with van der Waals surface area (Å²) in [5.41, 5.74) is 2.62. The third kappa shape index (κ3) is 4.01. The number of rotatable bonds is 4. The molecular formula is C18H18F2N6O2S. The van der Waals surface area contributed by atoms with Gasteiger partial charge in [-0.05, 0) is 36.6 Å². The molecule has 3 aromatic rings. The van der Waals surface area contributed by atoms with E-state index in [1.165, 1.54) is 39.7 Å². The summed E-state index contributed by atoms with van der Waals surface area (Å²) in [5.74, 6) is 0. The molecule has 0 aromatic carbocycles. The van der Waals surface area contributed by atoms with E-state index in [1.54, 1.807) is 6.07 Å². The van der Waals surface area contributed by atoms with E-state index in [9.17, 15) is 17.2 Å². The second kappa shape index (κ2) is 7.56. The number of alkyl halides is 2. The molecule has 0 amide bonds. The second-order valence-corrected chi connectivity index (χ2v) is 8.67. The fraction of sp³-hybridized carbons (Fsp3) is 0.333. The molecule has 4 heterocycles. The zero-order valence-electron chi connectivity index (χ0n) is 15.5. The first-order valence-corrected chi connectivity index (χ1v) is 10.8. The molecule has 4 rings (SSSR count). The number of hydrogen-bond acceptors (Lipinski definition) is 6. The highest BCUT2D eigenvalue weighted by Crippen LogP contribution is 2.26. The van der Waals surface area contributed by atoms with Gasteiger partial charge >= 0.3 is 0 Å². The van der Waals surface area contributed by atoms with Gasteiger partial charge in [-0.1, -0.05) is 6.08 Å². The summed E-state index contributed by atoms with van der Waals surface area (Å²) < 4.78 is 52.4. The summed E-state index contributed by atoms with van der Waals surface area (Å²) in [6.07, 6.45) is 4.49. The number of sulfonamides is 1. The van der Waals surface area contributed by atoms with Crippen molar-refractivity contribution in [2.75, 3.05) is 19.3 Å². The molecule has 1 aliphatic heterocycles. The van der Waals surface area contributed by atoms with E-state index in [2.05, 4.69) is 20.1 Å². The highest BCUT2D eigenvalue weighted by Gasteiger charge is 2.20. The van der Waals surface area contributed by atoms with Crippen LogP contribution in [0.3, 0.4) is 0 Å². The van der Waals surface area contributed by atoms with E-state index in [4.69, 9.17) is 0 Å². The molecule has 152 valence electrons. The average molecular weight is 420 g/mol. The topological polar surface area (TPSA) is 93.4 Å². The third-order valence-corrected chi connectivity index (χ3v) is 6.04. The maximum absolute atomic E-state index is 13.0. The van der Waals surface area contributed by atoms with Crippen molar-refractivity contribution in [3.05, 3.63) is 48.2 Å². The smallest absolute Gasteiger partial charge is 0.237 e. The number of aromatic nitrogens is 5. The van der Waals surface area contributed by atoms with Crippen LogP contribution >= 0.6 is 0 Å². The van der Waals surface area contributed by atoms with Crippen LogP contribution in [-0.4, -0.2) is 56.6 Å². The predicted octanol–water partition coefficient (Wildman–Crippen LogP) is 2.56. The standard InChI is InChI=1S/C18H18F2N6O2S/c1-29(27,28)25-7-2-3-12(6-8-25)14-9-15(23-11-22-14)16-10-21-17-5-4-13(18(19)20)24-26(16)17/h3-5,9-11,18H,2,6-8H2,1H3. The lowest BCUT2D eigenvalue weighted by atomic mass is 10.1. The van der Waals surface area contributed by atoms with Crippen molar-refractivity contribution in [3.8, 4) is 11.4 Å². The largest absolute Gasteiger partial charge is 0.282 e. The maximum atomic E-state index is 13.0. The first-order valence-electron chi connectivity index (χ1n) is 8.93. The lowest BCUT2D eigenvalue weighted by Gasteiger charge is -2.16. The monoisotopic (exact) mass is 420 g/mol. The summed E-state index contributed by atoms with van der Waals surface area (Å²) in [6, 6.07) is 4.46. The highest BCUT2D eigenvalue weighted by molar-refractivity contribution is 7.88. The quantitative estimate of drug-likeness (QED) is 0.644. The molecule has 0 atom stereocenters. The fourth-order valence-corrected chi connectivity index (χ4v) is 4.12. The van der Waals surface area contributed by atoms with Gasteiger partial charge in [0.05, 0.1) is 23.8 Å². The van der Waals surface area contributed by atoms with Gasteiger partial charge in [0.2, 0.25) is 10.0 Å². The Bertz CT molecular complexity index is 1190. The van der Waals surface area contributed by atoms with Crippen LogP contribution in [0.1, 0.15) is 30.7 Å². The van der Waals surface area contributed by atoms with Gasteiger partial charge in [-0.2, -0.15) is 5.10 Å². The Balaban J connectivity index is 1.67. The van der Waals surface area contributed by atoms with Crippen molar-refractivity contribution in [2.45, 2.75) is 19.3 Å². The zero-order chi connectivity index (χ0) is 20.6. The SMILES string of the molecule is CS(=O)(=O)N1CCC=C(c2cc(-c3cnc4ccc(C(F)F)nn34)ncn2)CC1. The summed E-state index contributed by atoms with van der Waals surface area (Å²) in [6.45, 7) is 0.798. The van der Waals surface area contributed by atoms with Gasteiger partial charge in [0.25, 0.3) is 6.43 Å². The van der Waals surface area contributed by atoms with Gasteiger partial charge in [0, 0.05) is 13.1 Å². The van der Waals surface area contributed by atoms with Crippen LogP contribution in [0.5, 0.6) is 0 Å². The minimum Gasteiger partial charge on any atom is -0.237 e. The molecule has 0 saturated carbocycles. The van der Waals surface area contributed by atoms with Gasteiger partial charge < -0.3 is 0 Å². The van der Waals surface area contributed by atoms with Crippen LogP contribution in [-0.2, 0) is 10.0 Å². The average Bonchev–Trinajstić information content (AvgIpc) is 2.93. The normalized spacial score (nSPS) is 16.2. The molecule has 11 heteroatoms. The molecule has 3 aromatic heterocycles. The van der Waals surface area contributed by atoms with E-state index < -0.39 is 16.4 Å². The summed E-state index contributed by atoms with van der Waals surface area (Å²) >= 11 is 0. The molecule has 0 radical (unpaired) electrons. The second-order valence-electron chi connectivity index (χ2n) is 6.69. The van der Waals surface area contributed by atoms with Crippen molar-refractivity contribution in [2.24, 2.45) is 0 Å². The van der Waals surface area contributed by atoms with E-state index in [0.29, 0.717) is 48.7 Å². The first-order chi connectivity index (χ1) is 13.8. The number of fused-ring (bicyclic) bond motifs is 1. The Labute approximate surface area is 166 Å². The molecule has 29 heavy (non-hydrogen) atoms. The summed E-state index contributed by atoms with van der Waals surface area (Å²) in [7, 11) is -3.25. The van der Waals surface area contributed by atoms with E-state index in [0.717, 1.165) is 5.57 Å². The van der Waals surface area contributed by atoms with Crippen LogP contribution in [0.25, 0.3) is 22.6 Å². The molecule has 0 fully saturated rings. The Hall–Kier alpha value is -2.79. The van der Waals surface area contributed by atoms with Crippen molar-refractivity contribution >= 4 is 21.2 Å². The van der Waals surface area contributed by atoms with Crippen LogP contribution < -0.4 is 0 Å². The van der Waals surface area contributed by atoms with Crippen LogP contribution in [0.4, 0.5) is 8.78 Å². The summed E-state index contributed by atoms with van der Waals surface area (Å²) in [5, 5.41) is 3.96. The molecule has 1 aliphatic rings. The molecule has 0 bridgehead atoms. The van der Waals surface area contributed by atoms with Gasteiger partial charge in [-0.25, -0.2) is 41.0 Å². The van der Waals surface area contributed by atoms with Crippen molar-refractivity contribution in [3.63, 3.8) is 0 Å². The third-order valence-electron chi connectivity index (χ3n) is 4.73. The minimum atomic E-state index is -3.25. The Kier molecular flexibility index (Phi) is 5.09. The van der Waals surface area contributed by atoms with Gasteiger partial charge in [0.1, 0.15) is 17.7 Å². The lowest BCUT2D eigenvalue weighted by Crippen LogP contribution is -2.30. The maximum Gasteiger partial charge on any atom is 0.282 e. The fourth-order valence-electron chi connectivity index (χ4n) is 3.26. The van der Waals surface area contributed by atoms with E-state index >= 15 is 0 Å². The Morgan fingerprint density at radius 2 is 1.90 bits per heavy atom. The molecule has 0 N–H and O–H groups in total. The van der Waals surface area contributed by atoms with Crippen molar-refractivity contribution in [1.82, 2.24) is 28.9 Å². The van der Waals surface area contributed by atoms with Crippen molar-refractivity contribution < 1.29 is 17.2 Å². The number of halogens is 2. The molecule has 0 spiro atoms. The van der Waals surface area contributed by atoms with Gasteiger partial charge in [-0.3, -0.25) is 0 Å². The van der Waals surface area contributed by atoms with Crippen LogP contribution in [0.2, 0.25) is 0 Å². The predicted molar refractivity (Wildman–Crippen MR) is 103 cm³/mol. The minimum absolute atomic E-state index is 0.349. The number of nitrogens with zero attached hydrogens (tertiary/aromatic N) is 6. The molecule has 0 unspecified atom stereocenters. The summed E-state index contributed by atoms with van der Waals surface area (Å²) in [4.78, 5) is 12.8. The molecule has 0 saturated heterocycles. The number of hydrogen-bond donors (Lipinski definition) is 0. The van der Waals surface area contributed by atoms with E-state index in [1.807, 2.05) is 6.08 Å². The van der Waals surface area contributed by atoms with Crippen molar-refractivity contribution in [1.29, 1.82) is 0 Å². The highest BCUT2D eigenvalue weighted by atomic mass is 32.2. The lowest BCUT2D eigenvalue weighted by molar-refractivity contribution is 0.144. The molecule has 8 nitrogen and oxygen atoms in total. The number of imidazole rings is 1. The van der Waals surface area contributed by atoms with Crippen LogP contribution in [0.15, 0.2) is 36.8 Å². The molecular weight excluding hydrogens is 402 g/mol. The van der Waals surface area contributed by atoms with Gasteiger partial charge in [-0.15, -0.1) is 0 Å². The first kappa shape index (κ1) is 19.5.